The number of amides is 2. The molecular formula is C19H20N2O2S. The predicted molar refractivity (Wildman–Crippen MR) is 97.5 cm³/mol. The van der Waals surface area contributed by atoms with Crippen LogP contribution < -0.4 is 10.6 Å². The molecule has 2 aromatic rings. The predicted octanol–water partition coefficient (Wildman–Crippen LogP) is 3.62. The Morgan fingerprint density at radius 1 is 1.08 bits per heavy atom. The van der Waals surface area contributed by atoms with Crippen molar-refractivity contribution in [3.63, 3.8) is 0 Å². The number of aryl methyl sites for hydroxylation is 1. The molecular weight excluding hydrogens is 320 g/mol. The van der Waals surface area contributed by atoms with E-state index in [2.05, 4.69) is 10.6 Å². The van der Waals surface area contributed by atoms with Crippen LogP contribution in [0.3, 0.4) is 0 Å². The van der Waals surface area contributed by atoms with Crippen LogP contribution in [0.5, 0.6) is 0 Å². The number of nitrogens with one attached hydrogen (secondary N) is 2. The minimum absolute atomic E-state index is 0.116. The molecule has 2 amide bonds. The monoisotopic (exact) mass is 340 g/mol. The third-order valence-corrected chi connectivity index (χ3v) is 4.99. The first-order chi connectivity index (χ1) is 11.6. The van der Waals surface area contributed by atoms with Gasteiger partial charge in [0.1, 0.15) is 0 Å². The van der Waals surface area contributed by atoms with E-state index in [-0.39, 0.29) is 17.9 Å². The summed E-state index contributed by atoms with van der Waals surface area (Å²) >= 11 is 1.50. The van der Waals surface area contributed by atoms with Crippen molar-refractivity contribution < 1.29 is 9.59 Å². The fraction of sp³-hybridized carbons (Fsp3) is 0.263. The van der Waals surface area contributed by atoms with Gasteiger partial charge in [-0.15, -0.1) is 11.8 Å². The Balaban J connectivity index is 1.61. The molecule has 1 aliphatic rings. The van der Waals surface area contributed by atoms with Gasteiger partial charge in [-0.2, -0.15) is 0 Å². The SMILES string of the molecule is Cc1ccccc1SCC(=O)Nc1ccccc1C(=O)NC1CC1. The van der Waals surface area contributed by atoms with Crippen molar-refractivity contribution in [2.75, 3.05) is 11.1 Å². The fourth-order valence-corrected chi connectivity index (χ4v) is 3.16. The molecule has 1 fully saturated rings. The van der Waals surface area contributed by atoms with E-state index in [1.54, 1.807) is 18.2 Å². The smallest absolute Gasteiger partial charge is 0.253 e. The molecule has 4 nitrogen and oxygen atoms in total. The van der Waals surface area contributed by atoms with Gasteiger partial charge in [-0.3, -0.25) is 9.59 Å². The second-order valence-corrected chi connectivity index (χ2v) is 6.91. The van der Waals surface area contributed by atoms with Gasteiger partial charge in [-0.05, 0) is 43.5 Å². The first kappa shape index (κ1) is 16.6. The van der Waals surface area contributed by atoms with Crippen molar-refractivity contribution in [2.24, 2.45) is 0 Å². The van der Waals surface area contributed by atoms with Gasteiger partial charge in [0.25, 0.3) is 5.91 Å². The molecule has 1 aliphatic carbocycles. The number of para-hydroxylation sites is 1. The second kappa shape index (κ2) is 7.53. The molecule has 0 aliphatic heterocycles. The summed E-state index contributed by atoms with van der Waals surface area (Å²) in [7, 11) is 0. The van der Waals surface area contributed by atoms with Gasteiger partial charge >= 0.3 is 0 Å². The van der Waals surface area contributed by atoms with Gasteiger partial charge in [0.05, 0.1) is 17.0 Å². The quantitative estimate of drug-likeness (QED) is 0.790. The van der Waals surface area contributed by atoms with E-state index in [1.165, 1.54) is 11.8 Å². The van der Waals surface area contributed by atoms with Crippen molar-refractivity contribution in [1.29, 1.82) is 0 Å². The lowest BCUT2D eigenvalue weighted by Crippen LogP contribution is -2.27. The highest BCUT2D eigenvalue weighted by Gasteiger charge is 2.25. The summed E-state index contributed by atoms with van der Waals surface area (Å²) in [5.74, 6) is 0.0681. The van der Waals surface area contributed by atoms with E-state index in [0.29, 0.717) is 17.0 Å². The van der Waals surface area contributed by atoms with Crippen LogP contribution in [0.15, 0.2) is 53.4 Å². The molecule has 0 heterocycles. The van der Waals surface area contributed by atoms with E-state index in [9.17, 15) is 9.59 Å². The summed E-state index contributed by atoms with van der Waals surface area (Å²) in [4.78, 5) is 25.6. The first-order valence-electron chi connectivity index (χ1n) is 8.01. The third-order valence-electron chi connectivity index (χ3n) is 3.81. The molecule has 3 rings (SSSR count). The zero-order valence-electron chi connectivity index (χ0n) is 13.5. The maximum Gasteiger partial charge on any atom is 0.253 e. The molecule has 124 valence electrons. The van der Waals surface area contributed by atoms with Crippen LogP contribution >= 0.6 is 11.8 Å². The summed E-state index contributed by atoms with van der Waals surface area (Å²) in [5.41, 5.74) is 2.23. The molecule has 0 unspecified atom stereocenters. The van der Waals surface area contributed by atoms with Gasteiger partial charge in [0.15, 0.2) is 0 Å². The van der Waals surface area contributed by atoms with Crippen molar-refractivity contribution in [3.8, 4) is 0 Å². The van der Waals surface area contributed by atoms with Crippen LogP contribution in [0, 0.1) is 6.92 Å². The Bertz CT molecular complexity index is 757. The van der Waals surface area contributed by atoms with Crippen LogP contribution in [0.1, 0.15) is 28.8 Å². The van der Waals surface area contributed by atoms with Crippen LogP contribution in [0.4, 0.5) is 5.69 Å². The number of thioether (sulfide) groups is 1. The van der Waals surface area contributed by atoms with Crippen molar-refractivity contribution in [1.82, 2.24) is 5.32 Å². The second-order valence-electron chi connectivity index (χ2n) is 5.90. The summed E-state index contributed by atoms with van der Waals surface area (Å²) in [6.45, 7) is 2.03. The highest BCUT2D eigenvalue weighted by atomic mass is 32.2. The Hall–Kier alpha value is -2.27. The Kier molecular flexibility index (Phi) is 5.20. The highest BCUT2D eigenvalue weighted by molar-refractivity contribution is 8.00. The zero-order chi connectivity index (χ0) is 16.9. The lowest BCUT2D eigenvalue weighted by atomic mass is 10.1. The van der Waals surface area contributed by atoms with E-state index in [1.807, 2.05) is 37.3 Å². The Labute approximate surface area is 146 Å². The maximum absolute atomic E-state index is 12.3. The molecule has 24 heavy (non-hydrogen) atoms. The molecule has 5 heteroatoms. The van der Waals surface area contributed by atoms with Gasteiger partial charge in [0, 0.05) is 10.9 Å². The summed E-state index contributed by atoms with van der Waals surface area (Å²) in [6, 6.07) is 15.4. The van der Waals surface area contributed by atoms with Gasteiger partial charge in [-0.1, -0.05) is 30.3 Å². The van der Waals surface area contributed by atoms with E-state index >= 15 is 0 Å². The van der Waals surface area contributed by atoms with Crippen molar-refractivity contribution >= 4 is 29.3 Å². The standard InChI is InChI=1S/C19H20N2O2S/c1-13-6-2-5-9-17(13)24-12-18(22)21-16-8-4-3-7-15(16)19(23)20-14-10-11-14/h2-9,14H,10-12H2,1H3,(H,20,23)(H,21,22). The largest absolute Gasteiger partial charge is 0.349 e. The first-order valence-corrected chi connectivity index (χ1v) is 9.00. The number of benzene rings is 2. The number of rotatable bonds is 6. The number of carbonyl (C=O) groups excluding carboxylic acids is 2. The lowest BCUT2D eigenvalue weighted by molar-refractivity contribution is -0.113. The number of anilines is 1. The molecule has 0 radical (unpaired) electrons. The van der Waals surface area contributed by atoms with Gasteiger partial charge in [-0.25, -0.2) is 0 Å². The number of hydrogen-bond donors (Lipinski definition) is 2. The zero-order valence-corrected chi connectivity index (χ0v) is 14.4. The average molecular weight is 340 g/mol. The van der Waals surface area contributed by atoms with Crippen LogP contribution in [-0.2, 0) is 4.79 Å². The number of carbonyl (C=O) groups is 2. The fourth-order valence-electron chi connectivity index (χ4n) is 2.33. The summed E-state index contributed by atoms with van der Waals surface area (Å²) in [5, 5.41) is 5.81. The molecule has 0 bridgehead atoms. The summed E-state index contributed by atoms with van der Waals surface area (Å²) < 4.78 is 0. The molecule has 2 N–H and O–H groups in total. The van der Waals surface area contributed by atoms with E-state index in [4.69, 9.17) is 0 Å². The molecule has 2 aromatic carbocycles. The minimum atomic E-state index is -0.125. The third kappa shape index (κ3) is 4.38. The van der Waals surface area contributed by atoms with Crippen LogP contribution in [0.2, 0.25) is 0 Å². The lowest BCUT2D eigenvalue weighted by Gasteiger charge is -2.11. The average Bonchev–Trinajstić information content (AvgIpc) is 3.38. The molecule has 1 saturated carbocycles. The van der Waals surface area contributed by atoms with Crippen LogP contribution in [-0.4, -0.2) is 23.6 Å². The Morgan fingerprint density at radius 3 is 2.54 bits per heavy atom. The maximum atomic E-state index is 12.3. The van der Waals surface area contributed by atoms with E-state index in [0.717, 1.165) is 23.3 Å². The van der Waals surface area contributed by atoms with Crippen molar-refractivity contribution in [3.05, 3.63) is 59.7 Å². The van der Waals surface area contributed by atoms with Gasteiger partial charge < -0.3 is 10.6 Å². The molecule has 0 atom stereocenters. The summed E-state index contributed by atoms with van der Waals surface area (Å²) in [6.07, 6.45) is 2.07. The minimum Gasteiger partial charge on any atom is -0.349 e. The molecule has 0 spiro atoms. The molecule has 0 saturated heterocycles. The molecule has 0 aromatic heterocycles. The number of hydrogen-bond acceptors (Lipinski definition) is 3. The topological polar surface area (TPSA) is 58.2 Å². The Morgan fingerprint density at radius 2 is 1.79 bits per heavy atom. The van der Waals surface area contributed by atoms with E-state index < -0.39 is 0 Å². The highest BCUT2D eigenvalue weighted by Crippen LogP contribution is 2.23. The van der Waals surface area contributed by atoms with Crippen molar-refractivity contribution in [2.45, 2.75) is 30.7 Å². The van der Waals surface area contributed by atoms with Gasteiger partial charge in [0.2, 0.25) is 5.91 Å². The normalized spacial score (nSPS) is 13.4. The van der Waals surface area contributed by atoms with Crippen LogP contribution in [0.25, 0.3) is 0 Å².